The maximum Gasteiger partial charge on any atom is 0.240 e. The first kappa shape index (κ1) is 16.9. The maximum absolute atomic E-state index is 12.7. The first-order chi connectivity index (χ1) is 11.9. The lowest BCUT2D eigenvalue weighted by atomic mass is 9.98. The molecule has 0 fully saturated rings. The van der Waals surface area contributed by atoms with E-state index in [4.69, 9.17) is 16.3 Å². The van der Waals surface area contributed by atoms with Crippen LogP contribution in [0.25, 0.3) is 0 Å². The maximum atomic E-state index is 12.7. The Labute approximate surface area is 152 Å². The fraction of sp³-hybridized carbons (Fsp3) is 0.471. The van der Waals surface area contributed by atoms with Crippen molar-refractivity contribution in [3.63, 3.8) is 0 Å². The summed E-state index contributed by atoms with van der Waals surface area (Å²) in [5, 5.41) is 0.349. The molecule has 2 aliphatic rings. The predicted molar refractivity (Wildman–Crippen MR) is 94.5 cm³/mol. The van der Waals surface area contributed by atoms with Crippen LogP contribution < -0.4 is 9.46 Å². The number of benzene rings is 1. The van der Waals surface area contributed by atoms with Crippen molar-refractivity contribution in [2.24, 2.45) is 5.92 Å². The topological polar surface area (TPSA) is 73.2 Å². The summed E-state index contributed by atoms with van der Waals surface area (Å²) in [5.74, 6) is 1.87. The van der Waals surface area contributed by atoms with Crippen LogP contribution in [0.2, 0.25) is 5.02 Å². The van der Waals surface area contributed by atoms with Gasteiger partial charge in [0.2, 0.25) is 10.0 Å². The number of halogens is 1. The number of sulfonamides is 1. The van der Waals surface area contributed by atoms with E-state index in [2.05, 4.69) is 14.3 Å². The van der Waals surface area contributed by atoms with Crippen molar-refractivity contribution in [3.05, 3.63) is 40.9 Å². The zero-order valence-electron chi connectivity index (χ0n) is 13.9. The van der Waals surface area contributed by atoms with Crippen LogP contribution in [0.5, 0.6) is 5.75 Å². The monoisotopic (exact) mass is 381 g/mol. The third-order valence-corrected chi connectivity index (χ3v) is 6.53. The Morgan fingerprint density at radius 3 is 3.08 bits per heavy atom. The van der Waals surface area contributed by atoms with Gasteiger partial charge in [0.05, 0.1) is 9.92 Å². The smallest absolute Gasteiger partial charge is 0.240 e. The van der Waals surface area contributed by atoms with Gasteiger partial charge in [0, 0.05) is 43.9 Å². The molecule has 0 saturated carbocycles. The number of hydrogen-bond acceptors (Lipinski definition) is 4. The molecule has 134 valence electrons. The molecule has 3 heterocycles. The minimum Gasteiger partial charge on any atom is -0.489 e. The predicted octanol–water partition coefficient (Wildman–Crippen LogP) is 2.40. The van der Waals surface area contributed by atoms with E-state index < -0.39 is 10.0 Å². The zero-order chi connectivity index (χ0) is 17.6. The highest BCUT2D eigenvalue weighted by Crippen LogP contribution is 2.38. The Morgan fingerprint density at radius 1 is 1.40 bits per heavy atom. The Balaban J connectivity index is 1.48. The zero-order valence-corrected chi connectivity index (χ0v) is 15.5. The quantitative estimate of drug-likeness (QED) is 0.882. The molecule has 6 nitrogen and oxygen atoms in total. The normalized spacial score (nSPS) is 22.3. The van der Waals surface area contributed by atoms with E-state index >= 15 is 0 Å². The standard InChI is InChI=1S/C17H20ClN3O3S/c1-11-6-13-8-14(9-15(18)17(13)24-11)25(22,23)20-10-12-2-4-21-5-3-19-16(21)7-12/h3,5,8-9,11-12,20H,2,4,6-7,10H2,1H3. The summed E-state index contributed by atoms with van der Waals surface area (Å²) in [6.45, 7) is 3.22. The van der Waals surface area contributed by atoms with Gasteiger partial charge >= 0.3 is 0 Å². The molecule has 0 spiro atoms. The number of nitrogens with one attached hydrogen (secondary N) is 1. The Kier molecular flexibility index (Phi) is 4.25. The van der Waals surface area contributed by atoms with E-state index in [0.29, 0.717) is 23.7 Å². The highest BCUT2D eigenvalue weighted by Gasteiger charge is 2.27. The van der Waals surface area contributed by atoms with Gasteiger partial charge in [0.1, 0.15) is 17.7 Å². The number of aromatic nitrogens is 2. The molecule has 25 heavy (non-hydrogen) atoms. The van der Waals surface area contributed by atoms with Crippen LogP contribution in [0.3, 0.4) is 0 Å². The highest BCUT2D eigenvalue weighted by atomic mass is 35.5. The molecule has 0 aliphatic carbocycles. The summed E-state index contributed by atoms with van der Waals surface area (Å²) in [6, 6.07) is 3.13. The van der Waals surface area contributed by atoms with Crippen LogP contribution in [0.15, 0.2) is 29.4 Å². The van der Waals surface area contributed by atoms with Crippen molar-refractivity contribution in [2.75, 3.05) is 6.54 Å². The van der Waals surface area contributed by atoms with Gasteiger partial charge in [0.25, 0.3) is 0 Å². The SMILES string of the molecule is CC1Cc2cc(S(=O)(=O)NCC3CCn4ccnc4C3)cc(Cl)c2O1. The molecule has 4 rings (SSSR count). The van der Waals surface area contributed by atoms with Crippen molar-refractivity contribution in [3.8, 4) is 5.75 Å². The molecule has 8 heteroatoms. The van der Waals surface area contributed by atoms with Crippen LogP contribution >= 0.6 is 11.6 Å². The Morgan fingerprint density at radius 2 is 2.24 bits per heavy atom. The summed E-state index contributed by atoms with van der Waals surface area (Å²) in [6.07, 6.45) is 6.16. The average Bonchev–Trinajstić information content (AvgIpc) is 3.18. The first-order valence-electron chi connectivity index (χ1n) is 8.41. The largest absolute Gasteiger partial charge is 0.489 e. The molecule has 0 radical (unpaired) electrons. The molecular weight excluding hydrogens is 362 g/mol. The number of aryl methyl sites for hydroxylation is 1. The lowest BCUT2D eigenvalue weighted by Gasteiger charge is -2.23. The summed E-state index contributed by atoms with van der Waals surface area (Å²) in [5.41, 5.74) is 0.847. The average molecular weight is 382 g/mol. The van der Waals surface area contributed by atoms with Crippen LogP contribution in [-0.2, 0) is 29.4 Å². The van der Waals surface area contributed by atoms with Crippen LogP contribution in [-0.4, -0.2) is 30.6 Å². The fourth-order valence-corrected chi connectivity index (χ4v) is 5.06. The van der Waals surface area contributed by atoms with Gasteiger partial charge in [-0.2, -0.15) is 0 Å². The van der Waals surface area contributed by atoms with Gasteiger partial charge in [-0.25, -0.2) is 18.1 Å². The van der Waals surface area contributed by atoms with Crippen molar-refractivity contribution >= 4 is 21.6 Å². The molecule has 0 bridgehead atoms. The third kappa shape index (κ3) is 3.28. The van der Waals surface area contributed by atoms with Crippen molar-refractivity contribution in [2.45, 2.75) is 43.7 Å². The minimum absolute atomic E-state index is 0.0180. The number of rotatable bonds is 4. The molecule has 1 N–H and O–H groups in total. The summed E-state index contributed by atoms with van der Waals surface area (Å²) in [4.78, 5) is 4.52. The molecule has 1 aromatic carbocycles. The van der Waals surface area contributed by atoms with Crippen molar-refractivity contribution in [1.82, 2.24) is 14.3 Å². The first-order valence-corrected chi connectivity index (χ1v) is 10.3. The molecule has 2 unspecified atom stereocenters. The van der Waals surface area contributed by atoms with Crippen LogP contribution in [0.1, 0.15) is 24.7 Å². The molecule has 0 amide bonds. The second-order valence-electron chi connectivity index (χ2n) is 6.77. The second-order valence-corrected chi connectivity index (χ2v) is 8.95. The molecule has 2 aliphatic heterocycles. The lowest BCUT2D eigenvalue weighted by Crippen LogP contribution is -2.33. The summed E-state index contributed by atoms with van der Waals surface area (Å²) in [7, 11) is -3.60. The number of imidazole rings is 1. The van der Waals surface area contributed by atoms with Gasteiger partial charge in [-0.3, -0.25) is 0 Å². The van der Waals surface area contributed by atoms with Gasteiger partial charge in [0.15, 0.2) is 0 Å². The molecular formula is C17H20ClN3O3S. The Hall–Kier alpha value is -1.57. The minimum atomic E-state index is -3.60. The van der Waals surface area contributed by atoms with E-state index in [1.807, 2.05) is 13.1 Å². The van der Waals surface area contributed by atoms with Crippen molar-refractivity contribution in [1.29, 1.82) is 0 Å². The molecule has 1 aromatic heterocycles. The molecule has 2 atom stereocenters. The number of ether oxygens (including phenoxy) is 1. The van der Waals surface area contributed by atoms with E-state index in [9.17, 15) is 8.42 Å². The van der Waals surface area contributed by atoms with E-state index in [-0.39, 0.29) is 16.9 Å². The van der Waals surface area contributed by atoms with Gasteiger partial charge in [-0.15, -0.1) is 0 Å². The number of nitrogens with zero attached hydrogens (tertiary/aromatic N) is 2. The van der Waals surface area contributed by atoms with Crippen molar-refractivity contribution < 1.29 is 13.2 Å². The summed E-state index contributed by atoms with van der Waals surface area (Å²) >= 11 is 6.21. The van der Waals surface area contributed by atoms with E-state index in [1.54, 1.807) is 12.3 Å². The Bertz CT molecular complexity index is 910. The molecule has 0 saturated heterocycles. The number of hydrogen-bond donors (Lipinski definition) is 1. The van der Waals surface area contributed by atoms with E-state index in [1.165, 1.54) is 6.07 Å². The highest BCUT2D eigenvalue weighted by molar-refractivity contribution is 7.89. The van der Waals surface area contributed by atoms with Crippen LogP contribution in [0.4, 0.5) is 0 Å². The second kappa shape index (κ2) is 6.30. The fourth-order valence-electron chi connectivity index (χ4n) is 3.51. The van der Waals surface area contributed by atoms with Gasteiger partial charge in [-0.05, 0) is 31.4 Å². The molecule has 2 aromatic rings. The van der Waals surface area contributed by atoms with Gasteiger partial charge < -0.3 is 9.30 Å². The van der Waals surface area contributed by atoms with Crippen LogP contribution in [0, 0.1) is 5.92 Å². The third-order valence-electron chi connectivity index (χ3n) is 4.84. The lowest BCUT2D eigenvalue weighted by molar-refractivity contribution is 0.255. The summed E-state index contributed by atoms with van der Waals surface area (Å²) < 4.78 is 35.8. The van der Waals surface area contributed by atoms with Gasteiger partial charge in [-0.1, -0.05) is 11.6 Å². The number of fused-ring (bicyclic) bond motifs is 2. The van der Waals surface area contributed by atoms with E-state index in [0.717, 1.165) is 30.8 Å².